The van der Waals surface area contributed by atoms with Gasteiger partial charge in [-0.2, -0.15) is 0 Å². The largest absolute Gasteiger partial charge is 0.480 e. The average molecular weight is 295 g/mol. The molecule has 1 aromatic carbocycles. The fourth-order valence-electron chi connectivity index (χ4n) is 1.91. The second kappa shape index (κ2) is 6.00. The third-order valence-electron chi connectivity index (χ3n) is 2.91. The number of hydrogen-bond donors (Lipinski definition) is 2. The number of nitrogens with one attached hydrogen (secondary N) is 1. The van der Waals surface area contributed by atoms with E-state index >= 15 is 0 Å². The Hall–Kier alpha value is -1.95. The molecular formula is C14H14FNO3S. The summed E-state index contributed by atoms with van der Waals surface area (Å²) < 4.78 is 14.2. The smallest absolute Gasteiger partial charge is 0.326 e. The lowest BCUT2D eigenvalue weighted by Gasteiger charge is -2.12. The zero-order valence-electron chi connectivity index (χ0n) is 10.9. The molecule has 20 heavy (non-hydrogen) atoms. The van der Waals surface area contributed by atoms with Crippen LogP contribution in [0.15, 0.2) is 24.3 Å². The Bertz CT molecular complexity index is 653. The summed E-state index contributed by atoms with van der Waals surface area (Å²) in [5, 5.41) is 11.9. The van der Waals surface area contributed by atoms with Crippen LogP contribution in [-0.4, -0.2) is 23.0 Å². The first kappa shape index (κ1) is 14.5. The molecule has 1 heterocycles. The molecule has 2 rings (SSSR count). The summed E-state index contributed by atoms with van der Waals surface area (Å²) in [5.74, 6) is -1.93. The Kier molecular flexibility index (Phi) is 4.34. The minimum Gasteiger partial charge on any atom is -0.480 e. The predicted octanol–water partition coefficient (Wildman–Crippen LogP) is 3.02. The summed E-state index contributed by atoms with van der Waals surface area (Å²) in [6.07, 6.45) is 1.01. The number of carbonyl (C=O) groups is 2. The maximum atomic E-state index is 13.6. The normalized spacial score (nSPS) is 12.3. The molecule has 0 radical (unpaired) electrons. The van der Waals surface area contributed by atoms with Crippen molar-refractivity contribution in [2.24, 2.45) is 0 Å². The van der Waals surface area contributed by atoms with Crippen molar-refractivity contribution in [3.05, 3.63) is 35.0 Å². The van der Waals surface area contributed by atoms with E-state index in [2.05, 4.69) is 5.32 Å². The van der Waals surface area contributed by atoms with Crippen molar-refractivity contribution in [1.82, 2.24) is 5.32 Å². The highest BCUT2D eigenvalue weighted by atomic mass is 32.1. The van der Waals surface area contributed by atoms with Gasteiger partial charge in [0, 0.05) is 10.1 Å². The van der Waals surface area contributed by atoms with Crippen molar-refractivity contribution >= 4 is 33.3 Å². The molecule has 0 aliphatic heterocycles. The molecule has 0 saturated carbocycles. The van der Waals surface area contributed by atoms with Crippen molar-refractivity contribution < 1.29 is 19.1 Å². The monoisotopic (exact) mass is 295 g/mol. The van der Waals surface area contributed by atoms with Crippen LogP contribution in [0.5, 0.6) is 0 Å². The topological polar surface area (TPSA) is 66.4 Å². The van der Waals surface area contributed by atoms with Gasteiger partial charge in [-0.25, -0.2) is 9.18 Å². The maximum absolute atomic E-state index is 13.6. The summed E-state index contributed by atoms with van der Waals surface area (Å²) in [6, 6.07) is 5.17. The number of thiophene rings is 1. The highest BCUT2D eigenvalue weighted by molar-refractivity contribution is 7.20. The first-order valence-electron chi connectivity index (χ1n) is 6.24. The van der Waals surface area contributed by atoms with E-state index in [1.807, 2.05) is 6.92 Å². The molecule has 0 bridgehead atoms. The van der Waals surface area contributed by atoms with Crippen LogP contribution in [0, 0.1) is 5.82 Å². The van der Waals surface area contributed by atoms with Crippen molar-refractivity contribution in [3.8, 4) is 0 Å². The SMILES string of the molecule is CCCC(NC(=O)c1cc2c(F)cccc2s1)C(=O)O. The van der Waals surface area contributed by atoms with E-state index < -0.39 is 17.9 Å². The molecule has 6 heteroatoms. The molecular weight excluding hydrogens is 281 g/mol. The number of fused-ring (bicyclic) bond motifs is 1. The molecule has 0 aliphatic rings. The lowest BCUT2D eigenvalue weighted by atomic mass is 10.1. The first-order chi connectivity index (χ1) is 9.52. The van der Waals surface area contributed by atoms with Gasteiger partial charge in [0.2, 0.25) is 0 Å². The highest BCUT2D eigenvalue weighted by Crippen LogP contribution is 2.27. The standard InChI is InChI=1S/C14H14FNO3S/c1-2-4-10(14(18)19)16-13(17)12-7-8-9(15)5-3-6-11(8)20-12/h3,5-7,10H,2,4H2,1H3,(H,16,17)(H,18,19). The van der Waals surface area contributed by atoms with Gasteiger partial charge in [-0.3, -0.25) is 4.79 Å². The van der Waals surface area contributed by atoms with Crippen LogP contribution in [0.2, 0.25) is 0 Å². The molecule has 1 amide bonds. The molecule has 1 aromatic heterocycles. The molecule has 1 unspecified atom stereocenters. The van der Waals surface area contributed by atoms with Gasteiger partial charge in [-0.05, 0) is 24.6 Å². The molecule has 2 aromatic rings. The summed E-state index contributed by atoms with van der Waals surface area (Å²) in [4.78, 5) is 23.4. The quantitative estimate of drug-likeness (QED) is 0.891. The minimum atomic E-state index is -1.06. The Labute approximate surface area is 119 Å². The molecule has 106 valence electrons. The van der Waals surface area contributed by atoms with Crippen molar-refractivity contribution in [2.75, 3.05) is 0 Å². The van der Waals surface area contributed by atoms with E-state index in [0.717, 1.165) is 11.3 Å². The predicted molar refractivity (Wildman–Crippen MR) is 75.6 cm³/mol. The van der Waals surface area contributed by atoms with E-state index in [1.165, 1.54) is 12.1 Å². The third kappa shape index (κ3) is 2.96. The lowest BCUT2D eigenvalue weighted by Crippen LogP contribution is -2.40. The second-order valence-corrected chi connectivity index (χ2v) is 5.50. The van der Waals surface area contributed by atoms with Gasteiger partial charge in [0.05, 0.1) is 4.88 Å². The lowest BCUT2D eigenvalue weighted by molar-refractivity contribution is -0.139. The van der Waals surface area contributed by atoms with Crippen LogP contribution in [-0.2, 0) is 4.79 Å². The summed E-state index contributed by atoms with van der Waals surface area (Å²) in [5.41, 5.74) is 0. The second-order valence-electron chi connectivity index (χ2n) is 4.42. The Morgan fingerprint density at radius 3 is 2.80 bits per heavy atom. The zero-order valence-corrected chi connectivity index (χ0v) is 11.7. The van der Waals surface area contributed by atoms with Crippen molar-refractivity contribution in [1.29, 1.82) is 0 Å². The maximum Gasteiger partial charge on any atom is 0.326 e. The average Bonchev–Trinajstić information content (AvgIpc) is 2.83. The van der Waals surface area contributed by atoms with Crippen LogP contribution in [0.25, 0.3) is 10.1 Å². The van der Waals surface area contributed by atoms with Crippen LogP contribution in [0.3, 0.4) is 0 Å². The minimum absolute atomic E-state index is 0.312. The molecule has 0 fully saturated rings. The van der Waals surface area contributed by atoms with Crippen LogP contribution < -0.4 is 5.32 Å². The molecule has 1 atom stereocenters. The number of rotatable bonds is 5. The van der Waals surface area contributed by atoms with Crippen molar-refractivity contribution in [2.45, 2.75) is 25.8 Å². The number of amides is 1. The number of halogens is 1. The van der Waals surface area contributed by atoms with Gasteiger partial charge in [0.25, 0.3) is 5.91 Å². The van der Waals surface area contributed by atoms with Gasteiger partial charge < -0.3 is 10.4 Å². The van der Waals surface area contributed by atoms with Gasteiger partial charge in [-0.1, -0.05) is 19.4 Å². The highest BCUT2D eigenvalue weighted by Gasteiger charge is 2.21. The summed E-state index contributed by atoms with van der Waals surface area (Å²) in [7, 11) is 0. The molecule has 0 aliphatic carbocycles. The van der Waals surface area contributed by atoms with E-state index in [0.29, 0.717) is 27.8 Å². The first-order valence-corrected chi connectivity index (χ1v) is 7.06. The number of carbonyl (C=O) groups excluding carboxylic acids is 1. The summed E-state index contributed by atoms with van der Waals surface area (Å²) >= 11 is 1.15. The molecule has 0 spiro atoms. The van der Waals surface area contributed by atoms with E-state index in [-0.39, 0.29) is 5.82 Å². The Balaban J connectivity index is 2.22. The van der Waals surface area contributed by atoms with Gasteiger partial charge in [0.1, 0.15) is 11.9 Å². The number of hydrogen-bond acceptors (Lipinski definition) is 3. The fourth-order valence-corrected chi connectivity index (χ4v) is 2.89. The number of carboxylic acid groups (broad SMARTS) is 1. The van der Waals surface area contributed by atoms with Gasteiger partial charge in [-0.15, -0.1) is 11.3 Å². The zero-order chi connectivity index (χ0) is 14.7. The van der Waals surface area contributed by atoms with Gasteiger partial charge >= 0.3 is 5.97 Å². The molecule has 0 saturated heterocycles. The number of benzene rings is 1. The van der Waals surface area contributed by atoms with Crippen LogP contribution in [0.1, 0.15) is 29.4 Å². The Morgan fingerprint density at radius 1 is 1.45 bits per heavy atom. The van der Waals surface area contributed by atoms with Gasteiger partial charge in [0.15, 0.2) is 0 Å². The molecule has 2 N–H and O–H groups in total. The van der Waals surface area contributed by atoms with E-state index in [1.54, 1.807) is 12.1 Å². The van der Waals surface area contributed by atoms with Crippen molar-refractivity contribution in [3.63, 3.8) is 0 Å². The molecule has 4 nitrogen and oxygen atoms in total. The number of carboxylic acids is 1. The van der Waals surface area contributed by atoms with E-state index in [4.69, 9.17) is 5.11 Å². The van der Waals surface area contributed by atoms with E-state index in [9.17, 15) is 14.0 Å². The fraction of sp³-hybridized carbons (Fsp3) is 0.286. The number of aliphatic carboxylic acids is 1. The third-order valence-corrected chi connectivity index (χ3v) is 4.01. The van der Waals surface area contributed by atoms with Crippen LogP contribution >= 0.6 is 11.3 Å². The Morgan fingerprint density at radius 2 is 2.20 bits per heavy atom. The van der Waals surface area contributed by atoms with Crippen LogP contribution in [0.4, 0.5) is 4.39 Å². The summed E-state index contributed by atoms with van der Waals surface area (Å²) in [6.45, 7) is 1.84.